The largest absolute Gasteiger partial charge is 0.310 e. The molecule has 0 aromatic carbocycles. The Hall–Kier alpha value is -2.51. The van der Waals surface area contributed by atoms with Crippen LogP contribution in [0.5, 0.6) is 0 Å². The third kappa shape index (κ3) is 2.75. The third-order valence-electron chi connectivity index (χ3n) is 4.40. The van der Waals surface area contributed by atoms with E-state index in [1.165, 1.54) is 10.2 Å². The fourth-order valence-corrected chi connectivity index (χ4v) is 4.49. The lowest BCUT2D eigenvalue weighted by Crippen LogP contribution is -2.29. The molecule has 0 fully saturated rings. The predicted molar refractivity (Wildman–Crippen MR) is 96.6 cm³/mol. The second-order valence-electron chi connectivity index (χ2n) is 6.15. The standard InChI is InChI=1S/C18H18N4O2S/c1-13-10-14(6-9-20-13)16-12-22(17-5-3-8-21-18(16)17)25(23,24)15-4-2-7-19-11-15/h2-8,11-13,20H,9-10H2,1H3. The van der Waals surface area contributed by atoms with Crippen molar-refractivity contribution in [2.24, 2.45) is 0 Å². The van der Waals surface area contributed by atoms with Crippen molar-refractivity contribution in [2.45, 2.75) is 24.3 Å². The SMILES string of the molecule is CC1CC(c2cn(S(=O)(=O)c3cccnc3)c3cccnc23)=CCN1. The van der Waals surface area contributed by atoms with E-state index in [2.05, 4.69) is 28.3 Å². The molecule has 4 heterocycles. The lowest BCUT2D eigenvalue weighted by atomic mass is 9.97. The Morgan fingerprint density at radius 1 is 1.24 bits per heavy atom. The van der Waals surface area contributed by atoms with E-state index >= 15 is 0 Å². The summed E-state index contributed by atoms with van der Waals surface area (Å²) in [6.07, 6.45) is 9.24. The molecule has 0 saturated heterocycles. The molecule has 0 saturated carbocycles. The van der Waals surface area contributed by atoms with Gasteiger partial charge >= 0.3 is 0 Å². The minimum Gasteiger partial charge on any atom is -0.310 e. The van der Waals surface area contributed by atoms with Crippen molar-refractivity contribution in [3.05, 3.63) is 60.7 Å². The van der Waals surface area contributed by atoms with Gasteiger partial charge in [0.15, 0.2) is 0 Å². The van der Waals surface area contributed by atoms with Crippen LogP contribution in [-0.2, 0) is 10.0 Å². The van der Waals surface area contributed by atoms with Crippen LogP contribution in [0.3, 0.4) is 0 Å². The number of rotatable bonds is 3. The Morgan fingerprint density at radius 3 is 2.84 bits per heavy atom. The molecule has 6 nitrogen and oxygen atoms in total. The highest BCUT2D eigenvalue weighted by Gasteiger charge is 2.24. The van der Waals surface area contributed by atoms with Gasteiger partial charge in [0.25, 0.3) is 10.0 Å². The molecule has 1 aliphatic rings. The summed E-state index contributed by atoms with van der Waals surface area (Å²) in [6, 6.07) is 7.05. The third-order valence-corrected chi connectivity index (χ3v) is 6.06. The van der Waals surface area contributed by atoms with Crippen molar-refractivity contribution in [1.82, 2.24) is 19.3 Å². The molecule has 0 bridgehead atoms. The van der Waals surface area contributed by atoms with Gasteiger partial charge in [0.05, 0.1) is 11.0 Å². The number of aromatic nitrogens is 3. The first-order chi connectivity index (χ1) is 12.1. The molecular weight excluding hydrogens is 336 g/mol. The lowest BCUT2D eigenvalue weighted by Gasteiger charge is -2.20. The summed E-state index contributed by atoms with van der Waals surface area (Å²) in [5.41, 5.74) is 3.27. The van der Waals surface area contributed by atoms with E-state index in [4.69, 9.17) is 0 Å². The number of fused-ring (bicyclic) bond motifs is 1. The maximum absolute atomic E-state index is 13.1. The molecule has 0 amide bonds. The van der Waals surface area contributed by atoms with E-state index in [9.17, 15) is 8.42 Å². The van der Waals surface area contributed by atoms with Gasteiger partial charge in [-0.3, -0.25) is 9.97 Å². The van der Waals surface area contributed by atoms with Gasteiger partial charge in [0.2, 0.25) is 0 Å². The smallest absolute Gasteiger partial charge is 0.269 e. The van der Waals surface area contributed by atoms with Crippen LogP contribution in [0.1, 0.15) is 18.9 Å². The summed E-state index contributed by atoms with van der Waals surface area (Å²) in [5.74, 6) is 0. The highest BCUT2D eigenvalue weighted by Crippen LogP contribution is 2.31. The average Bonchev–Trinajstić information content (AvgIpc) is 3.03. The summed E-state index contributed by atoms with van der Waals surface area (Å²) in [5, 5.41) is 3.36. The van der Waals surface area contributed by atoms with Crippen LogP contribution in [-0.4, -0.2) is 34.9 Å². The first kappa shape index (κ1) is 16.0. The van der Waals surface area contributed by atoms with Crippen molar-refractivity contribution >= 4 is 26.6 Å². The number of nitrogens with one attached hydrogen (secondary N) is 1. The van der Waals surface area contributed by atoms with Crippen molar-refractivity contribution in [2.75, 3.05) is 6.54 Å². The van der Waals surface area contributed by atoms with E-state index in [1.807, 2.05) is 0 Å². The number of nitrogens with zero attached hydrogens (tertiary/aromatic N) is 3. The van der Waals surface area contributed by atoms with Crippen LogP contribution in [0.4, 0.5) is 0 Å². The van der Waals surface area contributed by atoms with Gasteiger partial charge < -0.3 is 5.32 Å². The topological polar surface area (TPSA) is 76.9 Å². The van der Waals surface area contributed by atoms with Gasteiger partial charge in [0.1, 0.15) is 4.90 Å². The minimum absolute atomic E-state index is 0.162. The number of hydrogen-bond donors (Lipinski definition) is 1. The van der Waals surface area contributed by atoms with Crippen molar-refractivity contribution in [1.29, 1.82) is 0 Å². The second-order valence-corrected chi connectivity index (χ2v) is 7.96. The summed E-state index contributed by atoms with van der Waals surface area (Å²) >= 11 is 0. The first-order valence-electron chi connectivity index (χ1n) is 8.12. The van der Waals surface area contributed by atoms with Crippen LogP contribution in [0.25, 0.3) is 16.6 Å². The Morgan fingerprint density at radius 2 is 2.08 bits per heavy atom. The van der Waals surface area contributed by atoms with Gasteiger partial charge in [-0.05, 0) is 43.2 Å². The molecule has 1 atom stereocenters. The Kier molecular flexibility index (Phi) is 3.89. The van der Waals surface area contributed by atoms with Crippen LogP contribution < -0.4 is 5.32 Å². The van der Waals surface area contributed by atoms with E-state index in [0.29, 0.717) is 17.1 Å². The maximum Gasteiger partial charge on any atom is 0.269 e. The highest BCUT2D eigenvalue weighted by atomic mass is 32.2. The zero-order chi connectivity index (χ0) is 17.4. The molecule has 1 N–H and O–H groups in total. The van der Waals surface area contributed by atoms with Crippen molar-refractivity contribution in [3.63, 3.8) is 0 Å². The molecular formula is C18H18N4O2S. The Bertz CT molecular complexity index is 1060. The molecule has 3 aromatic heterocycles. The minimum atomic E-state index is -3.73. The van der Waals surface area contributed by atoms with E-state index < -0.39 is 10.0 Å². The molecule has 3 aromatic rings. The van der Waals surface area contributed by atoms with Crippen LogP contribution in [0.15, 0.2) is 60.0 Å². The van der Waals surface area contributed by atoms with E-state index in [1.54, 1.807) is 42.9 Å². The molecule has 4 rings (SSSR count). The molecule has 1 aliphatic heterocycles. The predicted octanol–water partition coefficient (Wildman–Crippen LogP) is 2.43. The Balaban J connectivity index is 1.93. The highest BCUT2D eigenvalue weighted by molar-refractivity contribution is 7.90. The van der Waals surface area contributed by atoms with Gasteiger partial charge in [-0.1, -0.05) is 6.08 Å². The quantitative estimate of drug-likeness (QED) is 0.782. The monoisotopic (exact) mass is 354 g/mol. The fraction of sp³-hybridized carbons (Fsp3) is 0.222. The van der Waals surface area contributed by atoms with Gasteiger partial charge in [-0.2, -0.15) is 0 Å². The van der Waals surface area contributed by atoms with Crippen LogP contribution in [0.2, 0.25) is 0 Å². The molecule has 7 heteroatoms. The van der Waals surface area contributed by atoms with E-state index in [-0.39, 0.29) is 4.90 Å². The van der Waals surface area contributed by atoms with Crippen molar-refractivity contribution < 1.29 is 8.42 Å². The van der Waals surface area contributed by atoms with Crippen LogP contribution >= 0.6 is 0 Å². The molecule has 0 aliphatic carbocycles. The summed E-state index contributed by atoms with van der Waals surface area (Å²) in [7, 11) is -3.73. The number of hydrogen-bond acceptors (Lipinski definition) is 5. The van der Waals surface area contributed by atoms with Gasteiger partial charge in [-0.25, -0.2) is 12.4 Å². The molecule has 1 unspecified atom stereocenters. The van der Waals surface area contributed by atoms with Gasteiger partial charge in [0, 0.05) is 42.9 Å². The zero-order valence-electron chi connectivity index (χ0n) is 13.8. The molecule has 128 valence electrons. The number of pyridine rings is 2. The molecule has 0 radical (unpaired) electrons. The lowest BCUT2D eigenvalue weighted by molar-refractivity contribution is 0.579. The summed E-state index contributed by atoms with van der Waals surface area (Å²) in [4.78, 5) is 8.54. The van der Waals surface area contributed by atoms with E-state index in [0.717, 1.165) is 24.1 Å². The average molecular weight is 354 g/mol. The van der Waals surface area contributed by atoms with Crippen LogP contribution in [0, 0.1) is 0 Å². The molecule has 25 heavy (non-hydrogen) atoms. The normalized spacial score (nSPS) is 18.3. The fourth-order valence-electron chi connectivity index (χ4n) is 3.17. The first-order valence-corrected chi connectivity index (χ1v) is 9.56. The van der Waals surface area contributed by atoms with Gasteiger partial charge in [-0.15, -0.1) is 0 Å². The second kappa shape index (κ2) is 6.09. The zero-order valence-corrected chi connectivity index (χ0v) is 14.6. The molecule has 0 spiro atoms. The summed E-state index contributed by atoms with van der Waals surface area (Å²) < 4.78 is 27.5. The maximum atomic E-state index is 13.1. The summed E-state index contributed by atoms with van der Waals surface area (Å²) in [6.45, 7) is 2.89. The van der Waals surface area contributed by atoms with Crippen molar-refractivity contribution in [3.8, 4) is 0 Å². The Labute approximate surface area is 146 Å².